The Morgan fingerprint density at radius 2 is 2.00 bits per heavy atom. The number of hydrogen-bond acceptors (Lipinski definition) is 8. The number of ether oxygens (including phenoxy) is 2. The van der Waals surface area contributed by atoms with Gasteiger partial charge in [-0.3, -0.25) is 4.57 Å². The average Bonchev–Trinajstić information content (AvgIpc) is 2.58. The summed E-state index contributed by atoms with van der Waals surface area (Å²) < 4.78 is 27.7. The van der Waals surface area contributed by atoms with Crippen LogP contribution in [0.4, 0.5) is 0 Å². The summed E-state index contributed by atoms with van der Waals surface area (Å²) in [4.78, 5) is 10.0. The van der Waals surface area contributed by atoms with Gasteiger partial charge in [0.1, 0.15) is 18.3 Å². The molecule has 20 heavy (non-hydrogen) atoms. The number of fused-ring (bicyclic) bond motifs is 3. The van der Waals surface area contributed by atoms with Gasteiger partial charge in [-0.15, -0.1) is 0 Å². The molecule has 6 N–H and O–H groups in total. The molecule has 0 amide bonds. The van der Waals surface area contributed by atoms with Crippen LogP contribution in [-0.4, -0.2) is 69.9 Å². The molecule has 0 saturated carbocycles. The van der Waals surface area contributed by atoms with E-state index in [-0.39, 0.29) is 13.2 Å². The number of rotatable bonds is 5. The van der Waals surface area contributed by atoms with E-state index in [1.807, 2.05) is 0 Å². The first-order valence-electron chi connectivity index (χ1n) is 6.31. The molecule has 3 heterocycles. The molecule has 0 aliphatic carbocycles. The zero-order valence-corrected chi connectivity index (χ0v) is 11.8. The normalized spacial score (nSPS) is 47.2. The summed E-state index contributed by atoms with van der Waals surface area (Å²) in [5.41, 5.74) is 3.22. The fourth-order valence-electron chi connectivity index (χ4n) is 2.54. The molecule has 0 aromatic rings. The summed E-state index contributed by atoms with van der Waals surface area (Å²) in [6.45, 7) is 0.764. The van der Waals surface area contributed by atoms with Crippen molar-refractivity contribution < 1.29 is 38.8 Å². The molecule has 5 unspecified atom stereocenters. The second kappa shape index (κ2) is 5.60. The molecular weight excluding hydrogens is 293 g/mol. The highest BCUT2D eigenvalue weighted by Crippen LogP contribution is 2.68. The van der Waals surface area contributed by atoms with Crippen molar-refractivity contribution in [3.8, 4) is 0 Å². The fourth-order valence-corrected chi connectivity index (χ4v) is 4.26. The summed E-state index contributed by atoms with van der Waals surface area (Å²) in [5.74, 6) is -0.697. The van der Waals surface area contributed by atoms with Crippen molar-refractivity contribution in [3.63, 3.8) is 0 Å². The van der Waals surface area contributed by atoms with Gasteiger partial charge in [-0.2, -0.15) is 0 Å². The molecule has 3 saturated heterocycles. The Balaban J connectivity index is 2.29. The minimum Gasteiger partial charge on any atom is -0.394 e. The van der Waals surface area contributed by atoms with Crippen molar-refractivity contribution in [1.82, 2.24) is 0 Å². The van der Waals surface area contributed by atoms with Crippen LogP contribution in [0.2, 0.25) is 0 Å². The first-order chi connectivity index (χ1) is 9.30. The highest BCUT2D eigenvalue weighted by atomic mass is 31.2. The van der Waals surface area contributed by atoms with Crippen LogP contribution in [0.25, 0.3) is 0 Å². The zero-order chi connectivity index (χ0) is 15.1. The molecule has 0 aromatic carbocycles. The van der Waals surface area contributed by atoms with Crippen molar-refractivity contribution in [2.45, 2.75) is 36.9 Å². The summed E-state index contributed by atoms with van der Waals surface area (Å²) in [6.07, 6.45) is -4.87. The Kier molecular flexibility index (Phi) is 4.56. The van der Waals surface area contributed by atoms with Crippen molar-refractivity contribution >= 4 is 7.60 Å². The molecule has 118 valence electrons. The first kappa shape index (κ1) is 16.3. The van der Waals surface area contributed by atoms with Gasteiger partial charge >= 0.3 is 7.60 Å². The molecule has 0 radical (unpaired) electrons. The fraction of sp³-hybridized carbons (Fsp3) is 1.00. The molecular formula is C10H20NO8P. The van der Waals surface area contributed by atoms with Crippen LogP contribution in [0.1, 0.15) is 6.92 Å². The van der Waals surface area contributed by atoms with Gasteiger partial charge in [0.2, 0.25) is 0 Å². The summed E-state index contributed by atoms with van der Waals surface area (Å²) >= 11 is 0. The molecule has 0 spiro atoms. The van der Waals surface area contributed by atoms with Crippen LogP contribution in [0.3, 0.4) is 0 Å². The number of hydrogen-bond donors (Lipinski definition) is 5. The van der Waals surface area contributed by atoms with Gasteiger partial charge in [0, 0.05) is 6.54 Å². The molecule has 10 heteroatoms. The minimum absolute atomic E-state index is 0.0348. The SMILES string of the molecule is C[C@@H]1C2OC1(P(=O)(O)OCCN)OC(CO)[C@@H](O)C2O. The van der Waals surface area contributed by atoms with Crippen LogP contribution in [0, 0.1) is 5.92 Å². The van der Waals surface area contributed by atoms with Crippen LogP contribution < -0.4 is 5.73 Å². The van der Waals surface area contributed by atoms with Gasteiger partial charge in [0.25, 0.3) is 5.53 Å². The Morgan fingerprint density at radius 3 is 2.50 bits per heavy atom. The molecule has 3 fully saturated rings. The zero-order valence-electron chi connectivity index (χ0n) is 11.0. The molecule has 3 aliphatic heterocycles. The summed E-state index contributed by atoms with van der Waals surface area (Å²) in [7, 11) is -4.38. The Morgan fingerprint density at radius 1 is 1.35 bits per heavy atom. The Labute approximate surface area is 115 Å². The molecule has 3 aliphatic rings. The van der Waals surface area contributed by atoms with E-state index in [1.165, 1.54) is 0 Å². The monoisotopic (exact) mass is 313 g/mol. The van der Waals surface area contributed by atoms with Crippen LogP contribution in [0.5, 0.6) is 0 Å². The smallest absolute Gasteiger partial charge is 0.387 e. The minimum atomic E-state index is -4.38. The molecule has 0 aromatic heterocycles. The van der Waals surface area contributed by atoms with E-state index in [4.69, 9.17) is 19.7 Å². The topological polar surface area (TPSA) is 152 Å². The lowest BCUT2D eigenvalue weighted by Gasteiger charge is -2.52. The maximum absolute atomic E-state index is 12.3. The third-order valence-corrected chi connectivity index (χ3v) is 5.66. The molecule has 3 rings (SSSR count). The molecule has 2 bridgehead atoms. The second-order valence-corrected chi connectivity index (χ2v) is 6.89. The van der Waals surface area contributed by atoms with Crippen molar-refractivity contribution in [1.29, 1.82) is 0 Å². The van der Waals surface area contributed by atoms with E-state index >= 15 is 0 Å². The average molecular weight is 313 g/mol. The van der Waals surface area contributed by atoms with Gasteiger partial charge in [-0.05, 0) is 0 Å². The number of aliphatic hydroxyl groups is 3. The van der Waals surface area contributed by atoms with Crippen LogP contribution in [-0.2, 0) is 18.6 Å². The lowest BCUT2D eigenvalue weighted by atomic mass is 9.91. The first-order valence-corrected chi connectivity index (χ1v) is 7.88. The Hall–Kier alpha value is -0.0900. The van der Waals surface area contributed by atoms with E-state index in [9.17, 15) is 24.8 Å². The number of nitrogens with two attached hydrogens (primary N) is 1. The highest BCUT2D eigenvalue weighted by molar-refractivity contribution is 7.54. The Bertz CT molecular complexity index is 407. The lowest BCUT2D eigenvalue weighted by Crippen LogP contribution is -2.62. The molecule has 9 nitrogen and oxygen atoms in total. The van der Waals surface area contributed by atoms with E-state index in [0.29, 0.717) is 0 Å². The predicted molar refractivity (Wildman–Crippen MR) is 65.6 cm³/mol. The van der Waals surface area contributed by atoms with Crippen LogP contribution >= 0.6 is 7.60 Å². The van der Waals surface area contributed by atoms with Gasteiger partial charge in [-0.25, -0.2) is 0 Å². The van der Waals surface area contributed by atoms with E-state index in [1.54, 1.807) is 6.92 Å². The van der Waals surface area contributed by atoms with E-state index < -0.39 is 50.1 Å². The quantitative estimate of drug-likeness (QED) is 0.361. The van der Waals surface area contributed by atoms with Crippen LogP contribution in [0.15, 0.2) is 0 Å². The second-order valence-electron chi connectivity index (χ2n) is 4.96. The van der Waals surface area contributed by atoms with E-state index in [0.717, 1.165) is 0 Å². The molecule has 7 atom stereocenters. The van der Waals surface area contributed by atoms with Gasteiger partial charge in [-0.1, -0.05) is 6.92 Å². The summed E-state index contributed by atoms with van der Waals surface area (Å²) in [6, 6.07) is 0. The van der Waals surface area contributed by atoms with Gasteiger partial charge in [0.05, 0.1) is 25.2 Å². The summed E-state index contributed by atoms with van der Waals surface area (Å²) in [5, 5.41) is 28.9. The van der Waals surface area contributed by atoms with E-state index in [2.05, 4.69) is 0 Å². The predicted octanol–water partition coefficient (Wildman–Crippen LogP) is -2.05. The standard InChI is InChI=1S/C10H20NO8P/c1-5-9-8(14)7(13)6(4-12)18-10(5,19-9)20(15,16)17-3-2-11/h5-9,12-14H,2-4,11H2,1H3,(H,15,16)/t5-,6?,7-,8?,9?,10?/m1/s1. The number of aliphatic hydroxyl groups excluding tert-OH is 3. The maximum Gasteiger partial charge on any atom is 0.387 e. The maximum atomic E-state index is 12.3. The van der Waals surface area contributed by atoms with Crippen molar-refractivity contribution in [3.05, 3.63) is 0 Å². The van der Waals surface area contributed by atoms with Crippen molar-refractivity contribution in [2.75, 3.05) is 19.8 Å². The highest BCUT2D eigenvalue weighted by Gasteiger charge is 2.71. The van der Waals surface area contributed by atoms with Gasteiger partial charge < -0.3 is 39.9 Å². The van der Waals surface area contributed by atoms with Gasteiger partial charge in [0.15, 0.2) is 0 Å². The van der Waals surface area contributed by atoms with Crippen molar-refractivity contribution in [2.24, 2.45) is 11.7 Å². The third kappa shape index (κ3) is 2.23. The third-order valence-electron chi connectivity index (χ3n) is 3.72. The lowest BCUT2D eigenvalue weighted by molar-refractivity contribution is -0.345. The largest absolute Gasteiger partial charge is 0.394 e.